The molecule has 0 bridgehead atoms. The van der Waals surface area contributed by atoms with Gasteiger partial charge in [0.15, 0.2) is 5.78 Å². The van der Waals surface area contributed by atoms with Gasteiger partial charge in [-0.1, -0.05) is 60.7 Å². The maximum atomic E-state index is 11.7. The summed E-state index contributed by atoms with van der Waals surface area (Å²) >= 11 is 0. The zero-order valence-corrected chi connectivity index (χ0v) is 13.3. The summed E-state index contributed by atoms with van der Waals surface area (Å²) in [5.74, 6) is 0.211. The second-order valence-electron chi connectivity index (χ2n) is 5.64. The van der Waals surface area contributed by atoms with Crippen molar-refractivity contribution in [3.05, 3.63) is 76.9 Å². The number of fused-ring (bicyclic) bond motifs is 1. The summed E-state index contributed by atoms with van der Waals surface area (Å²) in [6.45, 7) is 0.635. The molecule has 0 aromatic heterocycles. The van der Waals surface area contributed by atoms with E-state index < -0.39 is 6.09 Å². The zero-order valence-electron chi connectivity index (χ0n) is 13.3. The number of hydrogen-bond donors (Lipinski definition) is 1. The van der Waals surface area contributed by atoms with Crippen molar-refractivity contribution in [3.63, 3.8) is 0 Å². The lowest BCUT2D eigenvalue weighted by Crippen LogP contribution is -2.24. The first-order valence-corrected chi connectivity index (χ1v) is 8.00. The summed E-state index contributed by atoms with van der Waals surface area (Å²) in [6.07, 6.45) is 4.74. The third-order valence-corrected chi connectivity index (χ3v) is 3.99. The van der Waals surface area contributed by atoms with Crippen LogP contribution in [-0.2, 0) is 17.8 Å². The normalized spacial score (nSPS) is 13.1. The first kappa shape index (κ1) is 16.0. The highest BCUT2D eigenvalue weighted by atomic mass is 16.5. The van der Waals surface area contributed by atoms with Crippen LogP contribution in [0, 0.1) is 0 Å². The molecule has 0 saturated heterocycles. The second kappa shape index (κ2) is 7.59. The Morgan fingerprint density at radius 3 is 2.75 bits per heavy atom. The number of Topliss-reactive ketones (excluding diaryl/α,β-unsaturated/α-hetero) is 1. The quantitative estimate of drug-likeness (QED) is 0.912. The minimum absolute atomic E-state index is 0.211. The van der Waals surface area contributed by atoms with E-state index in [1.54, 1.807) is 0 Å². The monoisotopic (exact) mass is 321 g/mol. The van der Waals surface area contributed by atoms with E-state index in [0.717, 1.165) is 28.7 Å². The molecule has 3 rings (SSSR count). The fraction of sp³-hybridized carbons (Fsp3) is 0.200. The molecule has 2 aromatic carbocycles. The predicted octanol–water partition coefficient (Wildman–Crippen LogP) is 3.76. The highest BCUT2D eigenvalue weighted by molar-refractivity contribution is 6.01. The van der Waals surface area contributed by atoms with E-state index in [1.165, 1.54) is 0 Å². The van der Waals surface area contributed by atoms with Crippen LogP contribution < -0.4 is 5.32 Å². The van der Waals surface area contributed by atoms with Gasteiger partial charge in [0.25, 0.3) is 0 Å². The van der Waals surface area contributed by atoms with Gasteiger partial charge >= 0.3 is 6.09 Å². The minimum atomic E-state index is -0.447. The first-order valence-electron chi connectivity index (χ1n) is 8.00. The molecule has 2 aromatic rings. The molecule has 1 amide bonds. The molecule has 1 aliphatic carbocycles. The Bertz CT molecular complexity index is 766. The first-order chi connectivity index (χ1) is 11.7. The Kier molecular flexibility index (Phi) is 5.06. The Morgan fingerprint density at radius 1 is 1.08 bits per heavy atom. The van der Waals surface area contributed by atoms with Crippen LogP contribution in [0.25, 0.3) is 6.08 Å². The number of hydrogen-bond acceptors (Lipinski definition) is 3. The van der Waals surface area contributed by atoms with Crippen molar-refractivity contribution in [3.8, 4) is 0 Å². The second-order valence-corrected chi connectivity index (χ2v) is 5.64. The molecule has 1 N–H and O–H groups in total. The van der Waals surface area contributed by atoms with Crippen molar-refractivity contribution in [2.75, 3.05) is 6.54 Å². The maximum Gasteiger partial charge on any atom is 0.407 e. The fourth-order valence-electron chi connectivity index (χ4n) is 2.78. The standard InChI is InChI=1S/C20H19NO3/c22-19-12-11-17-16(8-4-10-18(17)19)9-5-13-21-20(23)24-14-15-6-2-1-3-7-15/h1-10H,11-14H2,(H,21,23). The maximum absolute atomic E-state index is 11.7. The highest BCUT2D eigenvalue weighted by Crippen LogP contribution is 2.25. The van der Waals surface area contributed by atoms with Crippen LogP contribution >= 0.6 is 0 Å². The zero-order chi connectivity index (χ0) is 16.8. The molecule has 0 saturated carbocycles. The number of carbonyl (C=O) groups is 2. The van der Waals surface area contributed by atoms with Gasteiger partial charge in [0.2, 0.25) is 0 Å². The van der Waals surface area contributed by atoms with Crippen LogP contribution in [0.15, 0.2) is 54.6 Å². The molecular weight excluding hydrogens is 302 g/mol. The minimum Gasteiger partial charge on any atom is -0.445 e. The average Bonchev–Trinajstić information content (AvgIpc) is 3.00. The molecule has 4 nitrogen and oxygen atoms in total. The molecule has 0 heterocycles. The SMILES string of the molecule is O=C(NCC=Cc1cccc2c1CCC2=O)OCc1ccccc1. The van der Waals surface area contributed by atoms with Gasteiger partial charge in [0.1, 0.15) is 6.61 Å². The predicted molar refractivity (Wildman–Crippen MR) is 92.8 cm³/mol. The Balaban J connectivity index is 1.47. The summed E-state index contributed by atoms with van der Waals surface area (Å²) in [5, 5.41) is 2.68. The molecule has 122 valence electrons. The molecule has 0 atom stereocenters. The third-order valence-electron chi connectivity index (χ3n) is 3.99. The number of amides is 1. The molecule has 0 spiro atoms. The van der Waals surface area contributed by atoms with E-state index in [2.05, 4.69) is 5.32 Å². The molecule has 0 aliphatic heterocycles. The summed E-state index contributed by atoms with van der Waals surface area (Å²) in [6, 6.07) is 15.3. The number of alkyl carbamates (subject to hydrolysis) is 1. The van der Waals surface area contributed by atoms with Gasteiger partial charge in [-0.05, 0) is 23.1 Å². The van der Waals surface area contributed by atoms with Gasteiger partial charge < -0.3 is 10.1 Å². The van der Waals surface area contributed by atoms with E-state index in [-0.39, 0.29) is 12.4 Å². The van der Waals surface area contributed by atoms with Crippen LogP contribution in [0.4, 0.5) is 4.79 Å². The van der Waals surface area contributed by atoms with Crippen molar-refractivity contribution in [2.45, 2.75) is 19.4 Å². The number of nitrogens with one attached hydrogen (secondary N) is 1. The van der Waals surface area contributed by atoms with Crippen molar-refractivity contribution in [2.24, 2.45) is 0 Å². The Hall–Kier alpha value is -2.88. The number of carbonyl (C=O) groups excluding carboxylic acids is 2. The largest absolute Gasteiger partial charge is 0.445 e. The Labute approximate surface area is 141 Å². The van der Waals surface area contributed by atoms with E-state index in [4.69, 9.17) is 4.74 Å². The number of rotatable bonds is 5. The van der Waals surface area contributed by atoms with Gasteiger partial charge in [-0.3, -0.25) is 4.79 Å². The third kappa shape index (κ3) is 3.90. The lowest BCUT2D eigenvalue weighted by atomic mass is 10.0. The van der Waals surface area contributed by atoms with Crippen LogP contribution in [-0.4, -0.2) is 18.4 Å². The van der Waals surface area contributed by atoms with E-state index in [9.17, 15) is 9.59 Å². The molecule has 0 unspecified atom stereocenters. The molecular formula is C20H19NO3. The van der Waals surface area contributed by atoms with E-state index in [0.29, 0.717) is 13.0 Å². The fourth-order valence-corrected chi connectivity index (χ4v) is 2.78. The van der Waals surface area contributed by atoms with E-state index >= 15 is 0 Å². The Morgan fingerprint density at radius 2 is 1.92 bits per heavy atom. The van der Waals surface area contributed by atoms with Gasteiger partial charge in [-0.15, -0.1) is 0 Å². The van der Waals surface area contributed by atoms with Crippen molar-refractivity contribution in [1.82, 2.24) is 5.32 Å². The number of ether oxygens (including phenoxy) is 1. The summed E-state index contributed by atoms with van der Waals surface area (Å²) in [7, 11) is 0. The average molecular weight is 321 g/mol. The van der Waals surface area contributed by atoms with Gasteiger partial charge in [0, 0.05) is 18.5 Å². The summed E-state index contributed by atoms with van der Waals surface area (Å²) in [4.78, 5) is 23.4. The molecule has 0 radical (unpaired) electrons. The summed E-state index contributed by atoms with van der Waals surface area (Å²) in [5.41, 5.74) is 3.92. The highest BCUT2D eigenvalue weighted by Gasteiger charge is 2.20. The molecule has 24 heavy (non-hydrogen) atoms. The van der Waals surface area contributed by atoms with E-state index in [1.807, 2.05) is 60.7 Å². The van der Waals surface area contributed by atoms with Crippen molar-refractivity contribution >= 4 is 18.0 Å². The number of ketones is 1. The molecule has 1 aliphatic rings. The smallest absolute Gasteiger partial charge is 0.407 e. The number of benzene rings is 2. The van der Waals surface area contributed by atoms with Crippen LogP contribution in [0.1, 0.15) is 33.5 Å². The van der Waals surface area contributed by atoms with Crippen molar-refractivity contribution < 1.29 is 14.3 Å². The van der Waals surface area contributed by atoms with Crippen LogP contribution in [0.3, 0.4) is 0 Å². The van der Waals surface area contributed by atoms with Gasteiger partial charge in [-0.2, -0.15) is 0 Å². The summed E-state index contributed by atoms with van der Waals surface area (Å²) < 4.78 is 5.14. The topological polar surface area (TPSA) is 55.4 Å². The lowest BCUT2D eigenvalue weighted by Gasteiger charge is -2.05. The van der Waals surface area contributed by atoms with Crippen molar-refractivity contribution in [1.29, 1.82) is 0 Å². The van der Waals surface area contributed by atoms with Gasteiger partial charge in [-0.25, -0.2) is 4.79 Å². The lowest BCUT2D eigenvalue weighted by molar-refractivity contribution is 0.0994. The molecule has 4 heteroatoms. The molecule has 0 fully saturated rings. The van der Waals surface area contributed by atoms with Gasteiger partial charge in [0.05, 0.1) is 0 Å². The van der Waals surface area contributed by atoms with Crippen LogP contribution in [0.5, 0.6) is 0 Å². The van der Waals surface area contributed by atoms with Crippen LogP contribution in [0.2, 0.25) is 0 Å².